The van der Waals surface area contributed by atoms with Crippen molar-refractivity contribution in [3.8, 4) is 0 Å². The third kappa shape index (κ3) is 4.63. The van der Waals surface area contributed by atoms with Crippen molar-refractivity contribution < 1.29 is 21.6 Å². The van der Waals surface area contributed by atoms with Crippen LogP contribution in [0.15, 0.2) is 47.8 Å². The quantitative estimate of drug-likeness (QED) is 0.501. The molecule has 3 aromatic rings. The lowest BCUT2D eigenvalue weighted by Crippen LogP contribution is -2.53. The number of anilines is 1. The number of fused-ring (bicyclic) bond motifs is 1. The number of sulfonamides is 1. The molecule has 0 unspecified atom stereocenters. The van der Waals surface area contributed by atoms with Crippen LogP contribution in [0.3, 0.4) is 0 Å². The summed E-state index contributed by atoms with van der Waals surface area (Å²) >= 11 is 0. The Bertz CT molecular complexity index is 1410. The van der Waals surface area contributed by atoms with Gasteiger partial charge in [0, 0.05) is 25.3 Å². The molecule has 0 spiro atoms. The highest BCUT2D eigenvalue weighted by molar-refractivity contribution is 7.90. The van der Waals surface area contributed by atoms with Gasteiger partial charge >= 0.3 is 0 Å². The summed E-state index contributed by atoms with van der Waals surface area (Å²) in [7, 11) is -5.64. The molecule has 0 bridgehead atoms. The van der Waals surface area contributed by atoms with Gasteiger partial charge in [-0.2, -0.15) is 0 Å². The molecule has 0 amide bonds. The standard InChI is InChI=1S/C21H25N5O5S2/c1-14-4-6-18(7-5-14)33(30,31)26-9-8-19-20(22-13-23-21(19)26)25(3)17-10-16(11-17)24-32(28,29)12-15(2)27/h4-9,13,16-17,24H,10-12H2,1-3H3. The Hall–Kier alpha value is -2.83. The Kier molecular flexibility index (Phi) is 6.01. The molecule has 12 heteroatoms. The molecular formula is C21H25N5O5S2. The van der Waals surface area contributed by atoms with E-state index in [9.17, 15) is 21.6 Å². The lowest BCUT2D eigenvalue weighted by Gasteiger charge is -2.41. The lowest BCUT2D eigenvalue weighted by molar-refractivity contribution is -0.114. The number of nitrogens with zero attached hydrogens (tertiary/aromatic N) is 4. The summed E-state index contributed by atoms with van der Waals surface area (Å²) in [6.07, 6.45) is 3.87. The van der Waals surface area contributed by atoms with Gasteiger partial charge in [0.15, 0.2) is 5.65 Å². The molecule has 0 radical (unpaired) electrons. The van der Waals surface area contributed by atoms with E-state index in [0.717, 1.165) is 9.54 Å². The summed E-state index contributed by atoms with van der Waals surface area (Å²) in [4.78, 5) is 21.8. The van der Waals surface area contributed by atoms with Crippen LogP contribution in [-0.2, 0) is 24.8 Å². The van der Waals surface area contributed by atoms with E-state index in [-0.39, 0.29) is 22.6 Å². The Morgan fingerprint density at radius 3 is 2.42 bits per heavy atom. The van der Waals surface area contributed by atoms with Crippen molar-refractivity contribution in [1.82, 2.24) is 18.7 Å². The topological polar surface area (TPSA) is 131 Å². The summed E-state index contributed by atoms with van der Waals surface area (Å²) in [5.74, 6) is -0.378. The van der Waals surface area contributed by atoms with Gasteiger partial charge in [-0.3, -0.25) is 4.79 Å². The average molecular weight is 492 g/mol. The van der Waals surface area contributed by atoms with Crippen molar-refractivity contribution in [1.29, 1.82) is 0 Å². The van der Waals surface area contributed by atoms with Crippen LogP contribution in [0.1, 0.15) is 25.3 Å². The van der Waals surface area contributed by atoms with E-state index < -0.39 is 31.6 Å². The van der Waals surface area contributed by atoms with Crippen molar-refractivity contribution in [3.05, 3.63) is 48.4 Å². The van der Waals surface area contributed by atoms with E-state index in [0.29, 0.717) is 24.0 Å². The highest BCUT2D eigenvalue weighted by atomic mass is 32.2. The number of ketones is 1. The van der Waals surface area contributed by atoms with Crippen LogP contribution in [0.4, 0.5) is 5.82 Å². The van der Waals surface area contributed by atoms with E-state index in [1.807, 2.05) is 18.9 Å². The zero-order chi connectivity index (χ0) is 24.0. The second-order valence-electron chi connectivity index (χ2n) is 8.38. The van der Waals surface area contributed by atoms with Crippen LogP contribution in [0.5, 0.6) is 0 Å². The highest BCUT2D eigenvalue weighted by Crippen LogP contribution is 2.33. The minimum atomic E-state index is -3.83. The smallest absolute Gasteiger partial charge is 0.269 e. The van der Waals surface area contributed by atoms with Crippen molar-refractivity contribution in [2.75, 3.05) is 17.7 Å². The van der Waals surface area contributed by atoms with Crippen LogP contribution >= 0.6 is 0 Å². The molecule has 0 atom stereocenters. The molecule has 1 aliphatic rings. The second-order valence-corrected chi connectivity index (χ2v) is 11.9. The van der Waals surface area contributed by atoms with E-state index in [4.69, 9.17) is 0 Å². The Morgan fingerprint density at radius 1 is 1.12 bits per heavy atom. The number of rotatable bonds is 8. The summed E-state index contributed by atoms with van der Waals surface area (Å²) < 4.78 is 53.9. The third-order valence-electron chi connectivity index (χ3n) is 5.74. The lowest BCUT2D eigenvalue weighted by atomic mass is 9.86. The summed E-state index contributed by atoms with van der Waals surface area (Å²) in [6.45, 7) is 3.12. The minimum Gasteiger partial charge on any atom is -0.356 e. The number of Topliss-reactive ketones (excluding diaryl/α,β-unsaturated/α-hetero) is 1. The summed E-state index contributed by atoms with van der Waals surface area (Å²) in [6, 6.07) is 8.02. The summed E-state index contributed by atoms with van der Waals surface area (Å²) in [5, 5.41) is 0.580. The van der Waals surface area contributed by atoms with Crippen LogP contribution in [-0.4, -0.2) is 61.4 Å². The molecule has 2 aromatic heterocycles. The van der Waals surface area contributed by atoms with Gasteiger partial charge in [-0.25, -0.2) is 35.5 Å². The predicted octanol–water partition coefficient (Wildman–Crippen LogP) is 1.45. The molecule has 33 heavy (non-hydrogen) atoms. The maximum atomic E-state index is 13.2. The maximum absolute atomic E-state index is 13.2. The van der Waals surface area contributed by atoms with Crippen LogP contribution in [0.2, 0.25) is 0 Å². The molecule has 4 rings (SSSR count). The van der Waals surface area contributed by atoms with Crippen molar-refractivity contribution >= 4 is 42.7 Å². The molecule has 176 valence electrons. The number of benzene rings is 1. The van der Waals surface area contributed by atoms with Crippen molar-refractivity contribution in [2.24, 2.45) is 0 Å². The number of carbonyl (C=O) groups excluding carboxylic acids is 1. The van der Waals surface area contributed by atoms with Crippen molar-refractivity contribution in [3.63, 3.8) is 0 Å². The number of carbonyl (C=O) groups is 1. The fourth-order valence-corrected chi connectivity index (χ4v) is 6.57. The van der Waals surface area contributed by atoms with Crippen LogP contribution in [0.25, 0.3) is 11.0 Å². The molecular weight excluding hydrogens is 466 g/mol. The van der Waals surface area contributed by atoms with E-state index >= 15 is 0 Å². The zero-order valence-electron chi connectivity index (χ0n) is 18.5. The molecule has 1 fully saturated rings. The number of hydrogen-bond donors (Lipinski definition) is 1. The normalized spacial score (nSPS) is 18.8. The van der Waals surface area contributed by atoms with E-state index in [1.165, 1.54) is 19.4 Å². The van der Waals surface area contributed by atoms with Crippen LogP contribution < -0.4 is 9.62 Å². The highest BCUT2D eigenvalue weighted by Gasteiger charge is 2.36. The minimum absolute atomic E-state index is 0.00480. The van der Waals surface area contributed by atoms with E-state index in [1.54, 1.807) is 30.3 Å². The molecule has 0 aliphatic heterocycles. The fourth-order valence-electron chi connectivity index (χ4n) is 3.95. The Balaban J connectivity index is 1.55. The largest absolute Gasteiger partial charge is 0.356 e. The van der Waals surface area contributed by atoms with Gasteiger partial charge in [-0.05, 0) is 44.9 Å². The zero-order valence-corrected chi connectivity index (χ0v) is 20.1. The van der Waals surface area contributed by atoms with Gasteiger partial charge in [-0.15, -0.1) is 0 Å². The molecule has 1 aromatic carbocycles. The molecule has 1 aliphatic carbocycles. The maximum Gasteiger partial charge on any atom is 0.269 e. The second kappa shape index (κ2) is 8.50. The average Bonchev–Trinajstić information content (AvgIpc) is 3.14. The third-order valence-corrected chi connectivity index (χ3v) is 8.90. The number of aromatic nitrogens is 3. The van der Waals surface area contributed by atoms with Gasteiger partial charge in [0.05, 0.1) is 10.3 Å². The fraction of sp³-hybridized carbons (Fsp3) is 0.381. The Labute approximate surface area is 192 Å². The van der Waals surface area contributed by atoms with Crippen molar-refractivity contribution in [2.45, 2.75) is 43.7 Å². The van der Waals surface area contributed by atoms with Gasteiger partial charge < -0.3 is 4.90 Å². The molecule has 1 saturated carbocycles. The van der Waals surface area contributed by atoms with Gasteiger partial charge in [-0.1, -0.05) is 17.7 Å². The molecule has 10 nitrogen and oxygen atoms in total. The first-order chi connectivity index (χ1) is 15.5. The first kappa shape index (κ1) is 23.3. The van der Waals surface area contributed by atoms with E-state index in [2.05, 4.69) is 14.7 Å². The molecule has 1 N–H and O–H groups in total. The number of hydrogen-bond acceptors (Lipinski definition) is 8. The Morgan fingerprint density at radius 2 is 1.79 bits per heavy atom. The molecule has 2 heterocycles. The SMILES string of the molecule is CC(=O)CS(=O)(=O)NC1CC(N(C)c2ncnc3c2ccn3S(=O)(=O)c2ccc(C)cc2)C1. The summed E-state index contributed by atoms with van der Waals surface area (Å²) in [5.41, 5.74) is 1.23. The first-order valence-electron chi connectivity index (χ1n) is 10.3. The first-order valence-corrected chi connectivity index (χ1v) is 13.4. The van der Waals surface area contributed by atoms with Gasteiger partial charge in [0.1, 0.15) is 23.7 Å². The van der Waals surface area contributed by atoms with Crippen LogP contribution in [0, 0.1) is 6.92 Å². The van der Waals surface area contributed by atoms with Gasteiger partial charge in [0.25, 0.3) is 10.0 Å². The predicted molar refractivity (Wildman–Crippen MR) is 124 cm³/mol. The monoisotopic (exact) mass is 491 g/mol. The number of aryl methyl sites for hydroxylation is 1. The number of nitrogens with one attached hydrogen (secondary N) is 1. The molecule has 0 saturated heterocycles. The van der Waals surface area contributed by atoms with Gasteiger partial charge in [0.2, 0.25) is 10.0 Å².